The maximum Gasteiger partial charge on any atom is 0.303 e. The molecule has 0 aromatic heterocycles. The van der Waals surface area contributed by atoms with Crippen LogP contribution in [0.15, 0.2) is 24.8 Å². The smallest absolute Gasteiger partial charge is 0.303 e. The van der Waals surface area contributed by atoms with E-state index in [1.807, 2.05) is 0 Å². The molecule has 2 heteroatoms. The summed E-state index contributed by atoms with van der Waals surface area (Å²) in [5.74, 6) is 10.7. The van der Waals surface area contributed by atoms with Gasteiger partial charge in [0, 0.05) is 19.3 Å². The Hall–Kier alpha value is -1.93. The van der Waals surface area contributed by atoms with Gasteiger partial charge in [0.25, 0.3) is 0 Å². The minimum absolute atomic E-state index is 0.300. The van der Waals surface area contributed by atoms with E-state index < -0.39 is 5.97 Å². The molecule has 0 unspecified atom stereocenters. The first kappa shape index (κ1) is 18.1. The van der Waals surface area contributed by atoms with Gasteiger partial charge < -0.3 is 5.11 Å². The van der Waals surface area contributed by atoms with E-state index in [0.29, 0.717) is 12.8 Å². The van der Waals surface area contributed by atoms with Crippen LogP contribution in [0.2, 0.25) is 0 Å². The van der Waals surface area contributed by atoms with Crippen LogP contribution in [0.5, 0.6) is 0 Å². The first-order valence-electron chi connectivity index (χ1n) is 7.20. The van der Waals surface area contributed by atoms with Gasteiger partial charge in [-0.1, -0.05) is 49.3 Å². The van der Waals surface area contributed by atoms with Crippen LogP contribution in [-0.2, 0) is 4.79 Å². The van der Waals surface area contributed by atoms with Crippen molar-refractivity contribution in [2.45, 2.75) is 57.8 Å². The molecule has 20 heavy (non-hydrogen) atoms. The van der Waals surface area contributed by atoms with Crippen LogP contribution in [0.25, 0.3) is 0 Å². The summed E-state index contributed by atoms with van der Waals surface area (Å²) >= 11 is 0. The third-order valence-electron chi connectivity index (χ3n) is 2.63. The normalized spacial score (nSPS) is 9.40. The highest BCUT2D eigenvalue weighted by molar-refractivity contribution is 5.66. The Kier molecular flexibility index (Phi) is 13.7. The number of hydrogen-bond acceptors (Lipinski definition) is 1. The predicted octanol–water partition coefficient (Wildman–Crippen LogP) is 4.33. The van der Waals surface area contributed by atoms with E-state index >= 15 is 0 Å². The number of hydrogen-bond donors (Lipinski definition) is 1. The first-order valence-corrected chi connectivity index (χ1v) is 7.20. The van der Waals surface area contributed by atoms with Gasteiger partial charge in [0.2, 0.25) is 0 Å². The lowest BCUT2D eigenvalue weighted by molar-refractivity contribution is -0.137. The molecular weight excluding hydrogens is 248 g/mol. The van der Waals surface area contributed by atoms with Crippen LogP contribution < -0.4 is 0 Å². The molecule has 0 aromatic rings. The van der Waals surface area contributed by atoms with E-state index in [1.165, 1.54) is 6.42 Å². The van der Waals surface area contributed by atoms with Gasteiger partial charge in [-0.3, -0.25) is 4.79 Å². The molecule has 0 aliphatic rings. The number of carboxylic acid groups (broad SMARTS) is 1. The van der Waals surface area contributed by atoms with E-state index in [1.54, 1.807) is 6.08 Å². The van der Waals surface area contributed by atoms with Crippen LogP contribution in [0.1, 0.15) is 57.8 Å². The second kappa shape index (κ2) is 15.1. The van der Waals surface area contributed by atoms with Crippen LogP contribution in [0, 0.1) is 23.7 Å². The van der Waals surface area contributed by atoms with Gasteiger partial charge in [0.05, 0.1) is 0 Å². The van der Waals surface area contributed by atoms with Gasteiger partial charge in [-0.25, -0.2) is 0 Å². The Morgan fingerprint density at radius 2 is 1.60 bits per heavy atom. The zero-order valence-electron chi connectivity index (χ0n) is 12.2. The molecule has 0 atom stereocenters. The number of aliphatic carboxylic acids is 1. The lowest BCUT2D eigenvalue weighted by Crippen LogP contribution is -1.93. The van der Waals surface area contributed by atoms with Crippen molar-refractivity contribution in [3.8, 4) is 23.7 Å². The Labute approximate surface area is 123 Å². The molecule has 0 aliphatic carbocycles. The predicted molar refractivity (Wildman–Crippen MR) is 84.1 cm³/mol. The van der Waals surface area contributed by atoms with Crippen LogP contribution in [0.4, 0.5) is 0 Å². The zero-order valence-corrected chi connectivity index (χ0v) is 12.2. The molecule has 0 bridgehead atoms. The van der Waals surface area contributed by atoms with E-state index in [4.69, 9.17) is 5.11 Å². The molecule has 108 valence electrons. The molecule has 1 N–H and O–H groups in total. The highest BCUT2D eigenvalue weighted by Gasteiger charge is 1.95. The van der Waals surface area contributed by atoms with E-state index in [-0.39, 0.29) is 0 Å². The van der Waals surface area contributed by atoms with Crippen molar-refractivity contribution in [3.05, 3.63) is 24.8 Å². The molecular formula is C18H24O2. The van der Waals surface area contributed by atoms with Crippen LogP contribution in [0.3, 0.4) is 0 Å². The molecule has 0 saturated carbocycles. The summed E-state index contributed by atoms with van der Waals surface area (Å²) in [4.78, 5) is 10.3. The first-order chi connectivity index (χ1) is 9.77. The van der Waals surface area contributed by atoms with Crippen molar-refractivity contribution in [2.75, 3.05) is 0 Å². The van der Waals surface area contributed by atoms with Crippen molar-refractivity contribution >= 4 is 5.97 Å². The van der Waals surface area contributed by atoms with Crippen molar-refractivity contribution < 1.29 is 9.90 Å². The highest BCUT2D eigenvalue weighted by atomic mass is 16.4. The third kappa shape index (κ3) is 16.1. The van der Waals surface area contributed by atoms with Crippen molar-refractivity contribution in [1.82, 2.24) is 0 Å². The molecule has 0 aliphatic heterocycles. The number of carboxylic acids is 1. The summed E-state index contributed by atoms with van der Waals surface area (Å²) in [7, 11) is 0. The molecule has 0 rings (SSSR count). The lowest BCUT2D eigenvalue weighted by atomic mass is 10.1. The van der Waals surface area contributed by atoms with Gasteiger partial charge >= 0.3 is 5.97 Å². The maximum absolute atomic E-state index is 10.3. The molecule has 0 aromatic carbocycles. The van der Waals surface area contributed by atoms with Crippen molar-refractivity contribution in [2.24, 2.45) is 0 Å². The number of unbranched alkanes of at least 4 members (excludes halogenated alkanes) is 5. The van der Waals surface area contributed by atoms with Crippen LogP contribution in [-0.4, -0.2) is 11.1 Å². The largest absolute Gasteiger partial charge is 0.481 e. The summed E-state index contributed by atoms with van der Waals surface area (Å²) in [5, 5.41) is 8.48. The summed E-state index contributed by atoms with van der Waals surface area (Å²) in [6, 6.07) is 0. The molecule has 0 heterocycles. The van der Waals surface area contributed by atoms with Crippen LogP contribution >= 0.6 is 0 Å². The lowest BCUT2D eigenvalue weighted by Gasteiger charge is -1.97. The van der Waals surface area contributed by atoms with Crippen molar-refractivity contribution in [1.29, 1.82) is 0 Å². The minimum Gasteiger partial charge on any atom is -0.481 e. The maximum atomic E-state index is 10.3. The molecule has 2 nitrogen and oxygen atoms in total. The number of carbonyl (C=O) groups is 1. The highest BCUT2D eigenvalue weighted by Crippen LogP contribution is 2.07. The Morgan fingerprint density at radius 3 is 2.30 bits per heavy atom. The monoisotopic (exact) mass is 272 g/mol. The van der Waals surface area contributed by atoms with Gasteiger partial charge in [0.1, 0.15) is 0 Å². The molecule has 0 spiro atoms. The summed E-state index contributed by atoms with van der Waals surface area (Å²) < 4.78 is 0. The fraction of sp³-hybridized carbons (Fsp3) is 0.500. The van der Waals surface area contributed by atoms with Gasteiger partial charge in [0.15, 0.2) is 0 Å². The van der Waals surface area contributed by atoms with Gasteiger partial charge in [-0.2, -0.15) is 0 Å². The Morgan fingerprint density at radius 1 is 0.950 bits per heavy atom. The topological polar surface area (TPSA) is 37.3 Å². The quantitative estimate of drug-likeness (QED) is 0.365. The summed E-state index contributed by atoms with van der Waals surface area (Å²) in [5.41, 5.74) is 0. The van der Waals surface area contributed by atoms with Gasteiger partial charge in [-0.05, 0) is 31.1 Å². The van der Waals surface area contributed by atoms with E-state index in [2.05, 4.69) is 42.4 Å². The molecule has 0 amide bonds. The number of allylic oxidation sites excluding steroid dienone is 3. The minimum atomic E-state index is -0.691. The fourth-order valence-corrected chi connectivity index (χ4v) is 1.59. The molecule has 0 radical (unpaired) electrons. The summed E-state index contributed by atoms with van der Waals surface area (Å²) in [6.07, 6.45) is 14.1. The Balaban J connectivity index is 3.34. The third-order valence-corrected chi connectivity index (χ3v) is 2.63. The van der Waals surface area contributed by atoms with E-state index in [0.717, 1.165) is 38.5 Å². The number of rotatable bonds is 10. The second-order valence-corrected chi connectivity index (χ2v) is 4.47. The van der Waals surface area contributed by atoms with E-state index in [9.17, 15) is 4.79 Å². The van der Waals surface area contributed by atoms with Crippen molar-refractivity contribution in [3.63, 3.8) is 0 Å². The average molecular weight is 272 g/mol. The average Bonchev–Trinajstić information content (AvgIpc) is 2.43. The van der Waals surface area contributed by atoms with Gasteiger partial charge in [-0.15, -0.1) is 6.58 Å². The SMILES string of the molecule is C=CCC#CC#CCC=CCCCCCCCC(=O)O. The fourth-order valence-electron chi connectivity index (χ4n) is 1.59. The molecule has 0 saturated heterocycles. The zero-order chi connectivity index (χ0) is 14.9. The Bertz CT molecular complexity index is 410. The summed E-state index contributed by atoms with van der Waals surface area (Å²) in [6.45, 7) is 3.58. The standard InChI is InChI=1S/C18H24O2/c1-2-3-4-5-6-7-8-9-10-11-12-13-14-15-16-17-18(19)20/h2,9-10H,1,3,8,11-17H2,(H,19,20). The second-order valence-electron chi connectivity index (χ2n) is 4.47. The molecule has 0 fully saturated rings.